The standard InChI is InChI=1S/C17H22FN3S/c1-2-3-17-19-15(13-22-17)12-20-8-10-21(11-9-20)16-6-4-14(18)5-7-16/h4-7,13H,2-3,8-12H2,1H3. The van der Waals surface area contributed by atoms with E-state index in [1.54, 1.807) is 11.3 Å². The highest BCUT2D eigenvalue weighted by Crippen LogP contribution is 2.19. The predicted molar refractivity (Wildman–Crippen MR) is 90.0 cm³/mol. The monoisotopic (exact) mass is 319 g/mol. The molecule has 1 saturated heterocycles. The maximum Gasteiger partial charge on any atom is 0.123 e. The van der Waals surface area contributed by atoms with E-state index >= 15 is 0 Å². The van der Waals surface area contributed by atoms with Crippen molar-refractivity contribution < 1.29 is 4.39 Å². The van der Waals surface area contributed by atoms with Crippen LogP contribution in [0.1, 0.15) is 24.0 Å². The van der Waals surface area contributed by atoms with Gasteiger partial charge in [0.2, 0.25) is 0 Å². The van der Waals surface area contributed by atoms with Gasteiger partial charge in [-0.3, -0.25) is 4.90 Å². The average Bonchev–Trinajstić information content (AvgIpc) is 2.97. The van der Waals surface area contributed by atoms with Crippen LogP contribution in [0.25, 0.3) is 0 Å². The summed E-state index contributed by atoms with van der Waals surface area (Å²) in [5, 5.41) is 3.44. The molecule has 1 aliphatic rings. The van der Waals surface area contributed by atoms with Crippen LogP contribution in [0.2, 0.25) is 0 Å². The van der Waals surface area contributed by atoms with Crippen LogP contribution in [-0.2, 0) is 13.0 Å². The summed E-state index contributed by atoms with van der Waals surface area (Å²) in [6.07, 6.45) is 2.24. The highest BCUT2D eigenvalue weighted by molar-refractivity contribution is 7.09. The summed E-state index contributed by atoms with van der Waals surface area (Å²) in [5.74, 6) is -0.172. The largest absolute Gasteiger partial charge is 0.369 e. The fourth-order valence-corrected chi connectivity index (χ4v) is 3.69. The Kier molecular flexibility index (Phi) is 5.05. The molecule has 1 aromatic carbocycles. The lowest BCUT2D eigenvalue weighted by atomic mass is 10.2. The maximum absolute atomic E-state index is 13.0. The lowest BCUT2D eigenvalue weighted by Crippen LogP contribution is -2.46. The Labute approximate surface area is 135 Å². The van der Waals surface area contributed by atoms with Crippen molar-refractivity contribution in [3.8, 4) is 0 Å². The molecule has 0 N–H and O–H groups in total. The molecule has 0 radical (unpaired) electrons. The second kappa shape index (κ2) is 7.20. The summed E-state index contributed by atoms with van der Waals surface area (Å²) in [7, 11) is 0. The molecule has 0 amide bonds. The number of hydrogen-bond donors (Lipinski definition) is 0. The van der Waals surface area contributed by atoms with E-state index in [1.807, 2.05) is 12.1 Å². The second-order valence-corrected chi connectivity index (χ2v) is 6.66. The number of anilines is 1. The summed E-state index contributed by atoms with van der Waals surface area (Å²) in [6, 6.07) is 6.80. The Morgan fingerprint density at radius 1 is 1.14 bits per heavy atom. The number of hydrogen-bond acceptors (Lipinski definition) is 4. The minimum absolute atomic E-state index is 0.172. The van der Waals surface area contributed by atoms with Gasteiger partial charge in [0.25, 0.3) is 0 Å². The van der Waals surface area contributed by atoms with Crippen molar-refractivity contribution in [2.75, 3.05) is 31.1 Å². The first-order chi connectivity index (χ1) is 10.7. The van der Waals surface area contributed by atoms with Crippen LogP contribution in [-0.4, -0.2) is 36.1 Å². The molecule has 3 rings (SSSR count). The number of halogens is 1. The number of piperazine rings is 1. The van der Waals surface area contributed by atoms with Gasteiger partial charge < -0.3 is 4.90 Å². The summed E-state index contributed by atoms with van der Waals surface area (Å²) in [5.41, 5.74) is 2.31. The third-order valence-corrected chi connectivity index (χ3v) is 4.97. The number of thiazole rings is 1. The van der Waals surface area contributed by atoms with Crippen LogP contribution in [0.4, 0.5) is 10.1 Å². The average molecular weight is 319 g/mol. The molecule has 118 valence electrons. The lowest BCUT2D eigenvalue weighted by Gasteiger charge is -2.35. The molecular weight excluding hydrogens is 297 g/mol. The normalized spacial score (nSPS) is 16.2. The molecule has 1 fully saturated rings. The minimum Gasteiger partial charge on any atom is -0.369 e. The topological polar surface area (TPSA) is 19.4 Å². The maximum atomic E-state index is 13.0. The number of aromatic nitrogens is 1. The van der Waals surface area contributed by atoms with Crippen LogP contribution >= 0.6 is 11.3 Å². The third-order valence-electron chi connectivity index (χ3n) is 4.01. The summed E-state index contributed by atoms with van der Waals surface area (Å²) < 4.78 is 13.0. The zero-order valence-electron chi connectivity index (χ0n) is 13.0. The molecule has 2 heterocycles. The summed E-state index contributed by atoms with van der Waals surface area (Å²) in [4.78, 5) is 9.47. The van der Waals surface area contributed by atoms with Crippen molar-refractivity contribution in [2.24, 2.45) is 0 Å². The Bertz CT molecular complexity index is 588. The van der Waals surface area contributed by atoms with Crippen molar-refractivity contribution in [2.45, 2.75) is 26.3 Å². The first kappa shape index (κ1) is 15.4. The molecule has 3 nitrogen and oxygen atoms in total. The molecule has 0 spiro atoms. The zero-order chi connectivity index (χ0) is 15.4. The van der Waals surface area contributed by atoms with Gasteiger partial charge in [-0.25, -0.2) is 9.37 Å². The van der Waals surface area contributed by atoms with Crippen molar-refractivity contribution >= 4 is 17.0 Å². The highest BCUT2D eigenvalue weighted by Gasteiger charge is 2.18. The first-order valence-electron chi connectivity index (χ1n) is 7.91. The summed E-state index contributed by atoms with van der Waals surface area (Å²) in [6.45, 7) is 7.15. The SMILES string of the molecule is CCCc1nc(CN2CCN(c3ccc(F)cc3)CC2)cs1. The third kappa shape index (κ3) is 3.84. The van der Waals surface area contributed by atoms with Crippen LogP contribution in [0, 0.1) is 5.82 Å². The van der Waals surface area contributed by atoms with E-state index in [-0.39, 0.29) is 5.82 Å². The Morgan fingerprint density at radius 2 is 1.86 bits per heavy atom. The predicted octanol–water partition coefficient (Wildman–Crippen LogP) is 3.56. The van der Waals surface area contributed by atoms with E-state index in [9.17, 15) is 4.39 Å². The van der Waals surface area contributed by atoms with E-state index in [4.69, 9.17) is 4.98 Å². The smallest absolute Gasteiger partial charge is 0.123 e. The quantitative estimate of drug-likeness (QED) is 0.840. The van der Waals surface area contributed by atoms with Gasteiger partial charge in [-0.1, -0.05) is 6.92 Å². The number of aryl methyl sites for hydroxylation is 1. The summed E-state index contributed by atoms with van der Waals surface area (Å²) >= 11 is 1.78. The van der Waals surface area contributed by atoms with Gasteiger partial charge in [-0.2, -0.15) is 0 Å². The van der Waals surface area contributed by atoms with E-state index in [0.29, 0.717) is 0 Å². The second-order valence-electron chi connectivity index (χ2n) is 5.72. The highest BCUT2D eigenvalue weighted by atomic mass is 32.1. The van der Waals surface area contributed by atoms with Crippen molar-refractivity contribution in [3.05, 3.63) is 46.2 Å². The number of rotatable bonds is 5. The molecule has 0 atom stereocenters. The van der Waals surface area contributed by atoms with Gasteiger partial charge in [-0.15, -0.1) is 11.3 Å². The van der Waals surface area contributed by atoms with Gasteiger partial charge in [0.1, 0.15) is 5.82 Å². The fourth-order valence-electron chi connectivity index (χ4n) is 2.80. The van der Waals surface area contributed by atoms with Crippen molar-refractivity contribution in [1.29, 1.82) is 0 Å². The Hall–Kier alpha value is -1.46. The van der Waals surface area contributed by atoms with E-state index in [2.05, 4.69) is 22.1 Å². The lowest BCUT2D eigenvalue weighted by molar-refractivity contribution is 0.247. The Morgan fingerprint density at radius 3 is 2.55 bits per heavy atom. The Balaban J connectivity index is 1.51. The first-order valence-corrected chi connectivity index (χ1v) is 8.78. The van der Waals surface area contributed by atoms with Gasteiger partial charge >= 0.3 is 0 Å². The van der Waals surface area contributed by atoms with Crippen molar-refractivity contribution in [1.82, 2.24) is 9.88 Å². The molecule has 0 aliphatic carbocycles. The van der Waals surface area contributed by atoms with Gasteiger partial charge in [0.15, 0.2) is 0 Å². The van der Waals surface area contributed by atoms with Crippen LogP contribution in [0.15, 0.2) is 29.6 Å². The fraction of sp³-hybridized carbons (Fsp3) is 0.471. The van der Waals surface area contributed by atoms with Gasteiger partial charge in [-0.05, 0) is 37.1 Å². The van der Waals surface area contributed by atoms with Crippen molar-refractivity contribution in [3.63, 3.8) is 0 Å². The van der Waals surface area contributed by atoms with Crippen LogP contribution < -0.4 is 4.90 Å². The van der Waals surface area contributed by atoms with E-state index < -0.39 is 0 Å². The van der Waals surface area contributed by atoms with Gasteiger partial charge in [0, 0.05) is 43.8 Å². The van der Waals surface area contributed by atoms with Gasteiger partial charge in [0.05, 0.1) is 10.7 Å². The molecule has 22 heavy (non-hydrogen) atoms. The molecule has 1 aromatic heterocycles. The molecule has 0 bridgehead atoms. The number of benzene rings is 1. The van der Waals surface area contributed by atoms with E-state index in [0.717, 1.165) is 51.3 Å². The number of nitrogens with zero attached hydrogens (tertiary/aromatic N) is 3. The van der Waals surface area contributed by atoms with Crippen LogP contribution in [0.5, 0.6) is 0 Å². The molecular formula is C17H22FN3S. The molecule has 5 heteroatoms. The minimum atomic E-state index is -0.172. The van der Waals surface area contributed by atoms with Crippen LogP contribution in [0.3, 0.4) is 0 Å². The zero-order valence-corrected chi connectivity index (χ0v) is 13.8. The van der Waals surface area contributed by atoms with E-state index in [1.165, 1.54) is 22.8 Å². The molecule has 0 saturated carbocycles. The molecule has 1 aliphatic heterocycles. The molecule has 2 aromatic rings. The molecule has 0 unspecified atom stereocenters.